The van der Waals surface area contributed by atoms with Crippen molar-refractivity contribution in [2.75, 3.05) is 0 Å². The molecule has 0 radical (unpaired) electrons. The van der Waals surface area contributed by atoms with Crippen LogP contribution in [0.4, 0.5) is 0 Å². The predicted octanol–water partition coefficient (Wildman–Crippen LogP) is 1.84. The summed E-state index contributed by atoms with van der Waals surface area (Å²) in [7, 11) is 0. The number of aromatic nitrogens is 1. The highest BCUT2D eigenvalue weighted by molar-refractivity contribution is 6.06. The molecule has 0 bridgehead atoms. The molecule has 3 N–H and O–H groups in total. The molecule has 1 amide bonds. The summed E-state index contributed by atoms with van der Waals surface area (Å²) in [5.41, 5.74) is 7.50. The van der Waals surface area contributed by atoms with E-state index in [1.165, 1.54) is 0 Å². The second kappa shape index (κ2) is 4.97. The third-order valence-corrected chi connectivity index (χ3v) is 3.78. The molecule has 1 fully saturated rings. The molecule has 1 heterocycles. The molecule has 0 spiro atoms. The van der Waals surface area contributed by atoms with Crippen molar-refractivity contribution < 1.29 is 4.79 Å². The van der Waals surface area contributed by atoms with Crippen LogP contribution in [0.25, 0.3) is 10.9 Å². The van der Waals surface area contributed by atoms with E-state index in [1.807, 2.05) is 24.3 Å². The molecule has 4 nitrogen and oxygen atoms in total. The Balaban J connectivity index is 1.89. The summed E-state index contributed by atoms with van der Waals surface area (Å²) in [5, 5.41) is 3.93. The fraction of sp³-hybridized carbons (Fsp3) is 0.333. The zero-order valence-corrected chi connectivity index (χ0v) is 10.7. The average molecular weight is 255 g/mol. The van der Waals surface area contributed by atoms with Crippen molar-refractivity contribution in [1.82, 2.24) is 10.3 Å². The van der Waals surface area contributed by atoms with E-state index < -0.39 is 0 Å². The van der Waals surface area contributed by atoms with Crippen LogP contribution >= 0.6 is 0 Å². The van der Waals surface area contributed by atoms with Crippen LogP contribution in [0.5, 0.6) is 0 Å². The number of nitrogens with one attached hydrogen (secondary N) is 1. The average Bonchev–Trinajstić information content (AvgIpc) is 2.83. The van der Waals surface area contributed by atoms with Gasteiger partial charge in [0.2, 0.25) is 0 Å². The van der Waals surface area contributed by atoms with E-state index in [0.29, 0.717) is 5.56 Å². The molecule has 19 heavy (non-hydrogen) atoms. The Bertz CT molecular complexity index is 606. The van der Waals surface area contributed by atoms with Gasteiger partial charge in [-0.1, -0.05) is 18.2 Å². The highest BCUT2D eigenvalue weighted by Crippen LogP contribution is 2.20. The van der Waals surface area contributed by atoms with E-state index in [0.717, 1.165) is 30.2 Å². The van der Waals surface area contributed by atoms with Gasteiger partial charge in [-0.3, -0.25) is 9.78 Å². The molecule has 2 aromatic rings. The van der Waals surface area contributed by atoms with Crippen molar-refractivity contribution in [3.63, 3.8) is 0 Å². The van der Waals surface area contributed by atoms with E-state index in [9.17, 15) is 4.79 Å². The van der Waals surface area contributed by atoms with Crippen molar-refractivity contribution in [2.45, 2.75) is 31.3 Å². The number of carbonyl (C=O) groups excluding carboxylic acids is 1. The van der Waals surface area contributed by atoms with E-state index in [-0.39, 0.29) is 18.0 Å². The minimum absolute atomic E-state index is 0.0547. The van der Waals surface area contributed by atoms with E-state index in [1.54, 1.807) is 12.3 Å². The molecule has 0 saturated heterocycles. The van der Waals surface area contributed by atoms with Gasteiger partial charge in [0, 0.05) is 23.7 Å². The van der Waals surface area contributed by atoms with Gasteiger partial charge in [-0.2, -0.15) is 0 Å². The largest absolute Gasteiger partial charge is 0.348 e. The summed E-state index contributed by atoms with van der Waals surface area (Å²) in [6.45, 7) is 0. The molecule has 1 aliphatic carbocycles. The lowest BCUT2D eigenvalue weighted by Crippen LogP contribution is -2.44. The van der Waals surface area contributed by atoms with Gasteiger partial charge in [0.05, 0.1) is 11.1 Å². The molecule has 4 heteroatoms. The number of benzene rings is 1. The van der Waals surface area contributed by atoms with Crippen molar-refractivity contribution in [3.05, 3.63) is 42.1 Å². The summed E-state index contributed by atoms with van der Waals surface area (Å²) in [4.78, 5) is 16.6. The summed E-state index contributed by atoms with van der Waals surface area (Å²) in [6, 6.07) is 9.61. The van der Waals surface area contributed by atoms with Gasteiger partial charge >= 0.3 is 0 Å². The fourth-order valence-corrected chi connectivity index (χ4v) is 2.71. The Morgan fingerprint density at radius 1 is 1.26 bits per heavy atom. The van der Waals surface area contributed by atoms with Crippen molar-refractivity contribution in [1.29, 1.82) is 0 Å². The molecule has 2 atom stereocenters. The number of rotatable bonds is 2. The number of fused-ring (bicyclic) bond motifs is 1. The van der Waals surface area contributed by atoms with Crippen LogP contribution in [-0.2, 0) is 0 Å². The molecular formula is C15H17N3O. The number of pyridine rings is 1. The summed E-state index contributed by atoms with van der Waals surface area (Å²) < 4.78 is 0. The lowest BCUT2D eigenvalue weighted by molar-refractivity contribution is 0.0936. The Kier molecular flexibility index (Phi) is 3.17. The molecule has 0 aliphatic heterocycles. The maximum absolute atomic E-state index is 12.4. The lowest BCUT2D eigenvalue weighted by atomic mass is 10.1. The number of hydrogen-bond donors (Lipinski definition) is 2. The normalized spacial score (nSPS) is 22.6. The van der Waals surface area contributed by atoms with Crippen LogP contribution in [0, 0.1) is 0 Å². The van der Waals surface area contributed by atoms with Crippen LogP contribution in [0.1, 0.15) is 29.6 Å². The van der Waals surface area contributed by atoms with Gasteiger partial charge in [0.25, 0.3) is 5.91 Å². The molecule has 3 rings (SSSR count). The van der Waals surface area contributed by atoms with Crippen LogP contribution in [0.15, 0.2) is 36.5 Å². The van der Waals surface area contributed by atoms with E-state index in [2.05, 4.69) is 10.3 Å². The van der Waals surface area contributed by atoms with Crippen molar-refractivity contribution in [2.24, 2.45) is 5.73 Å². The second-order valence-electron chi connectivity index (χ2n) is 5.05. The van der Waals surface area contributed by atoms with Gasteiger partial charge in [-0.15, -0.1) is 0 Å². The minimum atomic E-state index is -0.0547. The maximum Gasteiger partial charge on any atom is 0.252 e. The van der Waals surface area contributed by atoms with Gasteiger partial charge in [0.15, 0.2) is 0 Å². The summed E-state index contributed by atoms with van der Waals surface area (Å²) >= 11 is 0. The number of para-hydroxylation sites is 1. The predicted molar refractivity (Wildman–Crippen MR) is 74.8 cm³/mol. The lowest BCUT2D eigenvalue weighted by Gasteiger charge is -2.17. The van der Waals surface area contributed by atoms with Crippen LogP contribution in [0.2, 0.25) is 0 Å². The minimum Gasteiger partial charge on any atom is -0.348 e. The van der Waals surface area contributed by atoms with E-state index >= 15 is 0 Å². The van der Waals surface area contributed by atoms with Crippen molar-refractivity contribution in [3.8, 4) is 0 Å². The Labute approximate surface area is 112 Å². The van der Waals surface area contributed by atoms with Gasteiger partial charge < -0.3 is 11.1 Å². The topological polar surface area (TPSA) is 68.0 Å². The SMILES string of the molecule is NC1CCCC1NC(=O)c1ccnc2ccccc12. The first-order chi connectivity index (χ1) is 9.25. The van der Waals surface area contributed by atoms with Crippen LogP contribution in [0.3, 0.4) is 0 Å². The van der Waals surface area contributed by atoms with Crippen molar-refractivity contribution >= 4 is 16.8 Å². The van der Waals surface area contributed by atoms with Gasteiger partial charge in [-0.05, 0) is 31.4 Å². The highest BCUT2D eigenvalue weighted by atomic mass is 16.1. The first-order valence-corrected chi connectivity index (χ1v) is 6.66. The summed E-state index contributed by atoms with van der Waals surface area (Å²) in [5.74, 6) is -0.0547. The second-order valence-corrected chi connectivity index (χ2v) is 5.05. The first kappa shape index (κ1) is 12.1. The zero-order chi connectivity index (χ0) is 13.2. The third kappa shape index (κ3) is 2.31. The van der Waals surface area contributed by atoms with E-state index in [4.69, 9.17) is 5.73 Å². The summed E-state index contributed by atoms with van der Waals surface area (Å²) in [6.07, 6.45) is 4.72. The molecule has 2 unspecified atom stereocenters. The molecule has 1 aromatic carbocycles. The standard InChI is InChI=1S/C15H17N3O/c16-12-5-3-7-14(12)18-15(19)11-8-9-17-13-6-2-1-4-10(11)13/h1-2,4,6,8-9,12,14H,3,5,7,16H2,(H,18,19). The number of amides is 1. The Morgan fingerprint density at radius 3 is 2.89 bits per heavy atom. The quantitative estimate of drug-likeness (QED) is 0.860. The Morgan fingerprint density at radius 2 is 2.11 bits per heavy atom. The van der Waals surface area contributed by atoms with Crippen LogP contribution in [-0.4, -0.2) is 23.0 Å². The third-order valence-electron chi connectivity index (χ3n) is 3.78. The molecule has 98 valence electrons. The zero-order valence-electron chi connectivity index (χ0n) is 10.7. The first-order valence-electron chi connectivity index (χ1n) is 6.66. The number of nitrogens with two attached hydrogens (primary N) is 1. The smallest absolute Gasteiger partial charge is 0.252 e. The maximum atomic E-state index is 12.4. The molecular weight excluding hydrogens is 238 g/mol. The number of carbonyl (C=O) groups is 1. The molecule has 1 saturated carbocycles. The Hall–Kier alpha value is -1.94. The molecule has 1 aliphatic rings. The molecule has 1 aromatic heterocycles. The highest BCUT2D eigenvalue weighted by Gasteiger charge is 2.26. The van der Waals surface area contributed by atoms with Crippen LogP contribution < -0.4 is 11.1 Å². The van der Waals surface area contributed by atoms with Gasteiger partial charge in [0.1, 0.15) is 0 Å². The van der Waals surface area contributed by atoms with Gasteiger partial charge in [-0.25, -0.2) is 0 Å². The number of nitrogens with zero attached hydrogens (tertiary/aromatic N) is 1. The monoisotopic (exact) mass is 255 g/mol. The fourth-order valence-electron chi connectivity index (χ4n) is 2.71. The number of hydrogen-bond acceptors (Lipinski definition) is 3.